The molecule has 0 unspecified atom stereocenters. The van der Waals surface area contributed by atoms with Gasteiger partial charge in [0.15, 0.2) is 5.71 Å². The largest absolute Gasteiger partial charge is 0.457 e. The van der Waals surface area contributed by atoms with Gasteiger partial charge in [0.25, 0.3) is 42.2 Å². The number of fused-ring (bicyclic) bond motifs is 2. The number of amides is 2. The van der Waals surface area contributed by atoms with Crippen molar-refractivity contribution in [3.63, 3.8) is 0 Å². The van der Waals surface area contributed by atoms with Crippen LogP contribution >= 0.6 is 12.0 Å². The van der Waals surface area contributed by atoms with Gasteiger partial charge in [0.2, 0.25) is 5.69 Å². The minimum atomic E-state index is -4.57. The predicted octanol–water partition coefficient (Wildman–Crippen LogP) is 8.50. The number of ether oxygens (including phenoxy) is 1. The van der Waals surface area contributed by atoms with E-state index < -0.39 is 64.7 Å². The van der Waals surface area contributed by atoms with Crippen molar-refractivity contribution in [1.82, 2.24) is 5.06 Å². The average Bonchev–Trinajstić information content (AvgIpc) is 3.84. The molecule has 3 aromatic rings. The number of rotatable bonds is 22. The summed E-state index contributed by atoms with van der Waals surface area (Å²) in [6.07, 6.45) is 11.6. The third-order valence-corrected chi connectivity index (χ3v) is 16.5. The number of hydrogen-bond acceptors (Lipinski definition) is 16. The van der Waals surface area contributed by atoms with E-state index in [-0.39, 0.29) is 41.2 Å². The Kier molecular flexibility index (Phi) is 17.3. The Balaban J connectivity index is 1.26. The van der Waals surface area contributed by atoms with Gasteiger partial charge in [0.05, 0.1) is 33.0 Å². The molecule has 0 aromatic heterocycles. The summed E-state index contributed by atoms with van der Waals surface area (Å²) in [5, 5.41) is 13.2. The molecule has 74 heavy (non-hydrogen) atoms. The summed E-state index contributed by atoms with van der Waals surface area (Å²) in [4.78, 5) is 43.5. The zero-order valence-corrected chi connectivity index (χ0v) is 44.3. The standard InChI is InChI=1S/C50H57N3O17S4/c1-49(2)39-31-36(71-70-69-57)18-22-41(39)52(29-8-9-30-72(58,59)60)43(49)24-14-33-11-10-12-34(48(33)67-35-16-19-37(20-17-35)73(61,62)63)15-25-44-50(3,4)40-32-38(74(64,65)66)21-23-42(40)51(44)28-7-5-6-13-47(56)68-53-45(54)26-27-46(53)55/h14-25,31-32H,5-13,26-30H2,1-4H3,(H3-,57,58,59,60,61,62,63,64,65,66)/p+1. The molecule has 3 aromatic carbocycles. The van der Waals surface area contributed by atoms with Crippen LogP contribution in [0.5, 0.6) is 5.75 Å². The first-order valence-electron chi connectivity index (χ1n) is 23.7. The van der Waals surface area contributed by atoms with Crippen LogP contribution in [0.4, 0.5) is 11.4 Å². The van der Waals surface area contributed by atoms with Crippen LogP contribution in [0.15, 0.2) is 122 Å². The maximum atomic E-state index is 12.5. The number of benzene rings is 3. The van der Waals surface area contributed by atoms with Gasteiger partial charge in [-0.25, -0.2) is 10.1 Å². The van der Waals surface area contributed by atoms with Crippen LogP contribution in [0.3, 0.4) is 0 Å². The van der Waals surface area contributed by atoms with E-state index in [1.54, 1.807) is 12.1 Å². The Morgan fingerprint density at radius 1 is 0.757 bits per heavy atom. The van der Waals surface area contributed by atoms with E-state index in [0.29, 0.717) is 85.0 Å². The Morgan fingerprint density at radius 2 is 1.45 bits per heavy atom. The zero-order chi connectivity index (χ0) is 53.8. The molecule has 3 aliphatic heterocycles. The lowest BCUT2D eigenvalue weighted by molar-refractivity contribution is -0.438. The Morgan fingerprint density at radius 3 is 2.11 bits per heavy atom. The number of carbonyl (C=O) groups excluding carboxylic acids is 3. The van der Waals surface area contributed by atoms with Crippen molar-refractivity contribution in [2.24, 2.45) is 0 Å². The number of imide groups is 1. The number of anilines is 1. The first-order valence-corrected chi connectivity index (χ1v) is 29.0. The van der Waals surface area contributed by atoms with Gasteiger partial charge in [0.1, 0.15) is 18.1 Å². The number of allylic oxidation sites excluding steroid dienone is 7. The third-order valence-electron chi connectivity index (χ3n) is 13.4. The fourth-order valence-corrected chi connectivity index (χ4v) is 11.6. The number of unbranched alkanes of at least 4 members (excludes halogenated alkanes) is 3. The highest BCUT2D eigenvalue weighted by atomic mass is 32.2. The van der Waals surface area contributed by atoms with E-state index in [4.69, 9.17) is 19.2 Å². The molecule has 0 atom stereocenters. The van der Waals surface area contributed by atoms with Crippen LogP contribution < -0.4 is 9.64 Å². The SMILES string of the molecule is CC1(C)C(/C=C/C2=C(Oc3ccc(S(=O)(=O)O)cc3)C(=C/C=C3/N(CCCCCC(=O)ON4C(=O)CCC4=O)c4ccc(S(=O)(=O)O)cc4C3(C)C)/CCC2)=[N+](CCCCS(=O)(=O)O)c2ccc(SOOO)cc21. The predicted molar refractivity (Wildman–Crippen MR) is 271 cm³/mol. The summed E-state index contributed by atoms with van der Waals surface area (Å²) in [5.74, 6) is -1.50. The molecule has 24 heteroatoms. The van der Waals surface area contributed by atoms with Gasteiger partial charge < -0.3 is 14.5 Å². The topological polar surface area (TPSA) is 281 Å². The molecule has 398 valence electrons. The Bertz CT molecular complexity index is 3200. The van der Waals surface area contributed by atoms with E-state index in [1.807, 2.05) is 64.1 Å². The van der Waals surface area contributed by atoms with Crippen LogP contribution in [-0.4, -0.2) is 96.1 Å². The lowest BCUT2D eigenvalue weighted by Crippen LogP contribution is -2.32. The highest BCUT2D eigenvalue weighted by Gasteiger charge is 2.45. The lowest BCUT2D eigenvalue weighted by atomic mass is 9.81. The molecule has 4 N–H and O–H groups in total. The first-order chi connectivity index (χ1) is 34.8. The van der Waals surface area contributed by atoms with Gasteiger partial charge in [-0.15, -0.1) is 9.40 Å². The van der Waals surface area contributed by atoms with Gasteiger partial charge in [-0.05, 0) is 136 Å². The van der Waals surface area contributed by atoms with Crippen LogP contribution in [0.1, 0.15) is 109 Å². The van der Waals surface area contributed by atoms with Gasteiger partial charge in [0, 0.05) is 71.6 Å². The minimum absolute atomic E-state index is 0.0170. The molecule has 20 nitrogen and oxygen atoms in total. The molecule has 0 saturated carbocycles. The molecule has 1 saturated heterocycles. The van der Waals surface area contributed by atoms with Gasteiger partial charge in [-0.1, -0.05) is 31.4 Å². The highest BCUT2D eigenvalue weighted by Crippen LogP contribution is 2.49. The van der Waals surface area contributed by atoms with Gasteiger partial charge >= 0.3 is 5.97 Å². The van der Waals surface area contributed by atoms with Gasteiger partial charge in [-0.3, -0.25) is 23.2 Å². The van der Waals surface area contributed by atoms with Crippen LogP contribution in [0.25, 0.3) is 0 Å². The summed E-state index contributed by atoms with van der Waals surface area (Å²) >= 11 is 0.810. The van der Waals surface area contributed by atoms with Crippen molar-refractivity contribution in [1.29, 1.82) is 0 Å². The fraction of sp³-hybridized carbons (Fsp3) is 0.400. The molecule has 0 spiro atoms. The molecule has 3 heterocycles. The van der Waals surface area contributed by atoms with Crippen LogP contribution in [-0.2, 0) is 69.8 Å². The van der Waals surface area contributed by atoms with E-state index in [1.165, 1.54) is 36.4 Å². The second-order valence-electron chi connectivity index (χ2n) is 19.2. The maximum absolute atomic E-state index is 12.5. The van der Waals surface area contributed by atoms with Crippen molar-refractivity contribution in [3.05, 3.63) is 119 Å². The van der Waals surface area contributed by atoms with Crippen molar-refractivity contribution in [3.8, 4) is 5.75 Å². The quantitative estimate of drug-likeness (QED) is 0.0139. The van der Waals surface area contributed by atoms with Crippen LogP contribution in [0.2, 0.25) is 0 Å². The van der Waals surface area contributed by atoms with Crippen LogP contribution in [0, 0.1) is 0 Å². The Labute approximate surface area is 434 Å². The number of hydroxylamine groups is 2. The molecule has 1 fully saturated rings. The average molecular weight is 1100 g/mol. The van der Waals surface area contributed by atoms with E-state index in [2.05, 4.69) is 14.5 Å². The Hall–Kier alpha value is -5.54. The molecular formula is C50H58N3O17S4+. The summed E-state index contributed by atoms with van der Waals surface area (Å²) in [6, 6.07) is 15.3. The molecule has 1 aliphatic carbocycles. The zero-order valence-electron chi connectivity index (χ0n) is 41.1. The van der Waals surface area contributed by atoms with Crippen molar-refractivity contribution in [2.45, 2.75) is 124 Å². The van der Waals surface area contributed by atoms with Gasteiger partial charge in [-0.2, -0.15) is 29.8 Å². The molecule has 7 rings (SSSR count). The molecule has 0 radical (unpaired) electrons. The summed E-state index contributed by atoms with van der Waals surface area (Å²) < 4.78 is 115. The second kappa shape index (κ2) is 22.7. The van der Waals surface area contributed by atoms with E-state index >= 15 is 0 Å². The van der Waals surface area contributed by atoms with E-state index in [0.717, 1.165) is 45.8 Å². The highest BCUT2D eigenvalue weighted by molar-refractivity contribution is 7.94. The minimum Gasteiger partial charge on any atom is -0.457 e. The third kappa shape index (κ3) is 13.1. The molecule has 2 amide bonds. The van der Waals surface area contributed by atoms with E-state index in [9.17, 15) is 53.3 Å². The molecule has 4 aliphatic rings. The number of nitrogens with zero attached hydrogens (tertiary/aromatic N) is 3. The normalized spacial score (nSPS) is 18.9. The monoisotopic (exact) mass is 1100 g/mol. The first kappa shape index (κ1) is 56.2. The lowest BCUT2D eigenvalue weighted by Gasteiger charge is -2.27. The number of carbonyl (C=O) groups is 3. The fourth-order valence-electron chi connectivity index (χ4n) is 9.64. The second-order valence-corrected chi connectivity index (χ2v) is 24.4. The van der Waals surface area contributed by atoms with Crippen molar-refractivity contribution in [2.75, 3.05) is 23.7 Å². The summed E-state index contributed by atoms with van der Waals surface area (Å²) in [7, 11) is -13.3. The molecular weight excluding hydrogens is 1040 g/mol. The summed E-state index contributed by atoms with van der Waals surface area (Å²) in [5.41, 5.74) is 4.79. The smallest absolute Gasteiger partial charge is 0.333 e. The maximum Gasteiger partial charge on any atom is 0.333 e. The van der Waals surface area contributed by atoms with Crippen molar-refractivity contribution < 1.29 is 82.1 Å². The van der Waals surface area contributed by atoms with Crippen molar-refractivity contribution >= 4 is 77.3 Å². The number of hydrogen-bond donors (Lipinski definition) is 4. The summed E-state index contributed by atoms with van der Waals surface area (Å²) in [6.45, 7) is 8.75. The molecule has 0 bridgehead atoms.